The van der Waals surface area contributed by atoms with Crippen molar-refractivity contribution in [2.45, 2.75) is 70.2 Å². The maximum atomic E-state index is 16.0. The van der Waals surface area contributed by atoms with E-state index in [4.69, 9.17) is 21.1 Å². The number of anilines is 1. The van der Waals surface area contributed by atoms with Crippen LogP contribution in [0.1, 0.15) is 61.4 Å². The molecule has 14 heteroatoms. The molecule has 1 amide bonds. The van der Waals surface area contributed by atoms with Crippen LogP contribution >= 0.6 is 11.6 Å². The normalized spacial score (nSPS) is 21.8. The number of carbonyl (C=O) groups is 3. The van der Waals surface area contributed by atoms with Crippen LogP contribution in [0.15, 0.2) is 42.6 Å². The average Bonchev–Trinajstić information content (AvgIpc) is 3.79. The van der Waals surface area contributed by atoms with Gasteiger partial charge in [0.1, 0.15) is 5.82 Å². The number of nitrogens with zero attached hydrogens (tertiary/aromatic N) is 4. The van der Waals surface area contributed by atoms with Crippen molar-refractivity contribution in [3.63, 3.8) is 0 Å². The molecule has 3 aliphatic rings. The maximum Gasteiger partial charge on any atom is 0.308 e. The number of aromatic nitrogens is 1. The number of Topliss-reactive ketones (excluding diaryl/α,β-unsaturated/α-hetero) is 1. The maximum absolute atomic E-state index is 16.0. The number of hydrogen-bond acceptors (Lipinski definition) is 8. The molecular formula is C38H47ClF3N5O5. The van der Waals surface area contributed by atoms with Gasteiger partial charge in [-0.15, -0.1) is 0 Å². The number of piperazine rings is 1. The molecule has 1 aliphatic carbocycles. The lowest BCUT2D eigenvalue weighted by atomic mass is 9.87. The number of ketones is 1. The summed E-state index contributed by atoms with van der Waals surface area (Å²) in [5, 5.41) is 3.54. The smallest absolute Gasteiger partial charge is 0.308 e. The van der Waals surface area contributed by atoms with Gasteiger partial charge >= 0.3 is 5.97 Å². The van der Waals surface area contributed by atoms with Crippen LogP contribution in [0.4, 0.5) is 18.9 Å². The number of fused-ring (bicyclic) bond motifs is 1. The van der Waals surface area contributed by atoms with E-state index in [0.717, 1.165) is 29.8 Å². The van der Waals surface area contributed by atoms with Crippen molar-refractivity contribution in [2.24, 2.45) is 13.0 Å². The van der Waals surface area contributed by atoms with Crippen LogP contribution in [0.3, 0.4) is 0 Å². The molecule has 1 saturated carbocycles. The fraction of sp³-hybridized carbons (Fsp3) is 0.553. The zero-order valence-electron chi connectivity index (χ0n) is 29.7. The van der Waals surface area contributed by atoms with Gasteiger partial charge in [0.15, 0.2) is 5.78 Å². The first kappa shape index (κ1) is 38.2. The predicted molar refractivity (Wildman–Crippen MR) is 192 cm³/mol. The second kappa shape index (κ2) is 16.7. The van der Waals surface area contributed by atoms with Crippen LogP contribution in [0.2, 0.25) is 5.02 Å². The summed E-state index contributed by atoms with van der Waals surface area (Å²) >= 11 is 6.65. The highest BCUT2D eigenvalue weighted by molar-refractivity contribution is 6.34. The topological polar surface area (TPSA) is 96.3 Å². The Morgan fingerprint density at radius 1 is 0.981 bits per heavy atom. The molecule has 2 aliphatic heterocycles. The van der Waals surface area contributed by atoms with E-state index < -0.39 is 24.0 Å². The van der Waals surface area contributed by atoms with E-state index in [-0.39, 0.29) is 53.0 Å². The van der Waals surface area contributed by atoms with E-state index in [9.17, 15) is 23.2 Å². The Morgan fingerprint density at radius 3 is 2.33 bits per heavy atom. The van der Waals surface area contributed by atoms with Crippen molar-refractivity contribution in [3.8, 4) is 0 Å². The number of halogens is 4. The van der Waals surface area contributed by atoms with Crippen molar-refractivity contribution in [1.29, 1.82) is 0 Å². The molecule has 3 fully saturated rings. The number of alkyl halides is 2. The summed E-state index contributed by atoms with van der Waals surface area (Å²) in [6, 6.07) is 9.94. The van der Waals surface area contributed by atoms with Crippen LogP contribution in [0, 0.1) is 11.7 Å². The van der Waals surface area contributed by atoms with E-state index in [1.165, 1.54) is 6.07 Å². The Balaban J connectivity index is 1.26. The van der Waals surface area contributed by atoms with Crippen LogP contribution in [0.5, 0.6) is 0 Å². The molecule has 10 nitrogen and oxygen atoms in total. The van der Waals surface area contributed by atoms with Crippen molar-refractivity contribution in [3.05, 3.63) is 64.6 Å². The number of carbonyl (C=O) groups excluding carboxylic acids is 3. The minimum absolute atomic E-state index is 0.0488. The molecule has 1 atom stereocenters. The van der Waals surface area contributed by atoms with Gasteiger partial charge < -0.3 is 19.4 Å². The molecule has 0 spiro atoms. The lowest BCUT2D eigenvalue weighted by molar-refractivity contribution is -0.261. The molecule has 1 unspecified atom stereocenters. The summed E-state index contributed by atoms with van der Waals surface area (Å²) in [5.41, 5.74) is 1.40. The van der Waals surface area contributed by atoms with E-state index in [1.54, 1.807) is 18.0 Å². The van der Waals surface area contributed by atoms with Crippen molar-refractivity contribution >= 4 is 45.9 Å². The van der Waals surface area contributed by atoms with Gasteiger partial charge in [-0.1, -0.05) is 29.8 Å². The van der Waals surface area contributed by atoms with Gasteiger partial charge in [-0.2, -0.15) is 0 Å². The van der Waals surface area contributed by atoms with Crippen molar-refractivity contribution < 1.29 is 37.0 Å². The second-order valence-corrected chi connectivity index (χ2v) is 14.4. The SMILES string of the molecule is CCOC(=O)C1CCC(OC(C(=O)Cc2cc(Cl)c(NC(=O)c3cn(C)c4ccccc34)cc2F)(N2CCCC2)N2CCN(CC(F)F)CC2)CC1. The second-order valence-electron chi connectivity index (χ2n) is 14.0. The number of likely N-dealkylation sites (tertiary alicyclic amines) is 1. The third kappa shape index (κ3) is 8.18. The van der Waals surface area contributed by atoms with E-state index in [2.05, 4.69) is 5.32 Å². The minimum atomic E-state index is -2.48. The third-order valence-electron chi connectivity index (χ3n) is 10.6. The summed E-state index contributed by atoms with van der Waals surface area (Å²) < 4.78 is 56.6. The highest BCUT2D eigenvalue weighted by Gasteiger charge is 2.53. The van der Waals surface area contributed by atoms with E-state index in [1.807, 2.05) is 45.7 Å². The Hall–Kier alpha value is -3.49. The predicted octanol–water partition coefficient (Wildman–Crippen LogP) is 6.11. The van der Waals surface area contributed by atoms with Gasteiger partial charge in [-0.25, -0.2) is 13.2 Å². The fourth-order valence-corrected chi connectivity index (χ4v) is 8.18. The Morgan fingerprint density at radius 2 is 1.65 bits per heavy atom. The molecule has 282 valence electrons. The summed E-state index contributed by atoms with van der Waals surface area (Å²) in [4.78, 5) is 46.3. The number of aryl methyl sites for hydroxylation is 1. The molecule has 1 aromatic heterocycles. The van der Waals surface area contributed by atoms with Crippen LogP contribution in [-0.4, -0.2) is 108 Å². The minimum Gasteiger partial charge on any atom is -0.466 e. The monoisotopic (exact) mass is 745 g/mol. The van der Waals surface area contributed by atoms with Gasteiger partial charge in [-0.05, 0) is 69.2 Å². The van der Waals surface area contributed by atoms with Crippen LogP contribution in [-0.2, 0) is 32.5 Å². The molecular weight excluding hydrogens is 699 g/mol. The molecule has 2 saturated heterocycles. The Kier molecular flexibility index (Phi) is 12.3. The lowest BCUT2D eigenvalue weighted by Gasteiger charge is -2.52. The van der Waals surface area contributed by atoms with E-state index in [0.29, 0.717) is 77.1 Å². The van der Waals surface area contributed by atoms with Gasteiger partial charge in [0.05, 0.1) is 41.4 Å². The van der Waals surface area contributed by atoms with Gasteiger partial charge in [0.2, 0.25) is 5.85 Å². The first-order valence-electron chi connectivity index (χ1n) is 18.2. The van der Waals surface area contributed by atoms with Gasteiger partial charge in [-0.3, -0.25) is 29.1 Å². The number of ether oxygens (including phenoxy) is 2. The number of hydrogen-bond donors (Lipinski definition) is 1. The molecule has 3 aromatic rings. The quantitative estimate of drug-likeness (QED) is 0.210. The number of rotatable bonds is 13. The largest absolute Gasteiger partial charge is 0.466 e. The number of para-hydroxylation sites is 1. The summed E-state index contributed by atoms with van der Waals surface area (Å²) in [5.74, 6) is -3.60. The van der Waals surface area contributed by atoms with Crippen molar-refractivity contribution in [1.82, 2.24) is 19.3 Å². The van der Waals surface area contributed by atoms with Crippen LogP contribution < -0.4 is 5.32 Å². The molecule has 0 radical (unpaired) electrons. The van der Waals surface area contributed by atoms with Crippen molar-refractivity contribution in [2.75, 3.05) is 57.7 Å². The summed E-state index contributed by atoms with van der Waals surface area (Å²) in [7, 11) is 1.83. The molecule has 2 aromatic carbocycles. The zero-order chi connectivity index (χ0) is 37.0. The zero-order valence-corrected chi connectivity index (χ0v) is 30.5. The third-order valence-corrected chi connectivity index (χ3v) is 10.9. The fourth-order valence-electron chi connectivity index (χ4n) is 7.95. The first-order chi connectivity index (χ1) is 25.0. The summed E-state index contributed by atoms with van der Waals surface area (Å²) in [6.45, 7) is 4.10. The molecule has 52 heavy (non-hydrogen) atoms. The molecule has 0 bridgehead atoms. The Bertz CT molecular complexity index is 1750. The highest BCUT2D eigenvalue weighted by atomic mass is 35.5. The first-order valence-corrected chi connectivity index (χ1v) is 18.6. The lowest BCUT2D eigenvalue weighted by Crippen LogP contribution is -2.71. The number of benzene rings is 2. The van der Waals surface area contributed by atoms with Gasteiger partial charge in [0.25, 0.3) is 12.3 Å². The van der Waals surface area contributed by atoms with E-state index >= 15 is 4.39 Å². The standard InChI is InChI=1S/C38H47ClF3N5O5/c1-3-51-37(50)25-10-12-27(13-11-25)52-38(46-14-6-7-15-46,47-18-16-45(17-19-47)24-35(41)42)34(48)21-26-20-30(39)32(22-31(26)40)43-36(49)29-23-44(2)33-9-5-4-8-28(29)33/h4-5,8-9,20,22-23,25,27,35H,3,6-7,10-19,21,24H2,1-2H3,(H,43,49). The highest BCUT2D eigenvalue weighted by Crippen LogP contribution is 2.37. The number of amides is 1. The summed E-state index contributed by atoms with van der Waals surface area (Å²) in [6.07, 6.45) is 2.34. The molecule has 3 heterocycles. The number of nitrogens with one attached hydrogen (secondary N) is 1. The molecule has 1 N–H and O–H groups in total. The number of esters is 1. The molecule has 6 rings (SSSR count). The van der Waals surface area contributed by atoms with Crippen LogP contribution in [0.25, 0.3) is 10.9 Å². The average molecular weight is 746 g/mol. The van der Waals surface area contributed by atoms with Gasteiger partial charge in [0, 0.05) is 69.8 Å². The Labute approximate surface area is 307 Å².